The fraction of sp³-hybridized carbons (Fsp3) is 0.200. The second-order valence-electron chi connectivity index (χ2n) is 4.34. The Labute approximate surface area is 116 Å². The molecule has 18 heavy (non-hydrogen) atoms. The van der Waals surface area contributed by atoms with Crippen molar-refractivity contribution in [3.63, 3.8) is 0 Å². The van der Waals surface area contributed by atoms with Crippen molar-refractivity contribution in [2.45, 2.75) is 20.0 Å². The SMILES string of the molecule is Cc1cc(Br)ccc1NCc1cccc(CN)c1. The van der Waals surface area contributed by atoms with E-state index in [0.717, 1.165) is 16.7 Å². The Morgan fingerprint density at radius 3 is 2.61 bits per heavy atom. The van der Waals surface area contributed by atoms with E-state index >= 15 is 0 Å². The maximum absolute atomic E-state index is 5.64. The zero-order chi connectivity index (χ0) is 13.0. The highest BCUT2D eigenvalue weighted by Crippen LogP contribution is 2.20. The minimum atomic E-state index is 0.588. The Morgan fingerprint density at radius 1 is 1.11 bits per heavy atom. The van der Waals surface area contributed by atoms with Crippen LogP contribution in [0.1, 0.15) is 16.7 Å². The van der Waals surface area contributed by atoms with E-state index in [9.17, 15) is 0 Å². The van der Waals surface area contributed by atoms with Gasteiger partial charge in [-0.1, -0.05) is 40.2 Å². The average molecular weight is 305 g/mol. The number of benzene rings is 2. The van der Waals surface area contributed by atoms with Crippen LogP contribution in [0.5, 0.6) is 0 Å². The van der Waals surface area contributed by atoms with Gasteiger partial charge in [-0.2, -0.15) is 0 Å². The predicted octanol–water partition coefficient (Wildman–Crippen LogP) is 3.83. The molecule has 2 aromatic rings. The van der Waals surface area contributed by atoms with Crippen LogP contribution in [0.3, 0.4) is 0 Å². The summed E-state index contributed by atoms with van der Waals surface area (Å²) >= 11 is 3.47. The van der Waals surface area contributed by atoms with Crippen LogP contribution in [0.25, 0.3) is 0 Å². The fourth-order valence-electron chi connectivity index (χ4n) is 1.89. The number of rotatable bonds is 4. The second-order valence-corrected chi connectivity index (χ2v) is 5.25. The van der Waals surface area contributed by atoms with Crippen molar-refractivity contribution in [2.75, 3.05) is 5.32 Å². The largest absolute Gasteiger partial charge is 0.381 e. The minimum Gasteiger partial charge on any atom is -0.381 e. The van der Waals surface area contributed by atoms with E-state index in [1.807, 2.05) is 18.2 Å². The van der Waals surface area contributed by atoms with Gasteiger partial charge in [0.05, 0.1) is 0 Å². The van der Waals surface area contributed by atoms with Crippen LogP contribution in [0.2, 0.25) is 0 Å². The monoisotopic (exact) mass is 304 g/mol. The van der Waals surface area contributed by atoms with Gasteiger partial charge >= 0.3 is 0 Å². The number of hydrogen-bond acceptors (Lipinski definition) is 2. The Morgan fingerprint density at radius 2 is 1.89 bits per heavy atom. The molecular formula is C15H17BrN2. The smallest absolute Gasteiger partial charge is 0.0400 e. The van der Waals surface area contributed by atoms with E-state index in [4.69, 9.17) is 5.73 Å². The summed E-state index contributed by atoms with van der Waals surface area (Å²) in [5, 5.41) is 3.45. The van der Waals surface area contributed by atoms with E-state index in [1.54, 1.807) is 0 Å². The maximum Gasteiger partial charge on any atom is 0.0400 e. The van der Waals surface area contributed by atoms with E-state index < -0.39 is 0 Å². The molecule has 2 nitrogen and oxygen atoms in total. The van der Waals surface area contributed by atoms with Gasteiger partial charge in [0, 0.05) is 23.2 Å². The summed E-state index contributed by atoms with van der Waals surface area (Å²) in [5.74, 6) is 0. The van der Waals surface area contributed by atoms with Crippen molar-refractivity contribution in [3.05, 3.63) is 63.6 Å². The van der Waals surface area contributed by atoms with Gasteiger partial charge in [-0.15, -0.1) is 0 Å². The van der Waals surface area contributed by atoms with Crippen LogP contribution in [-0.2, 0) is 13.1 Å². The molecular weight excluding hydrogens is 288 g/mol. The quantitative estimate of drug-likeness (QED) is 0.901. The van der Waals surface area contributed by atoms with Gasteiger partial charge in [0.25, 0.3) is 0 Å². The molecule has 2 aromatic carbocycles. The third kappa shape index (κ3) is 3.34. The fourth-order valence-corrected chi connectivity index (χ4v) is 2.36. The van der Waals surface area contributed by atoms with Crippen molar-refractivity contribution in [1.29, 1.82) is 0 Å². The van der Waals surface area contributed by atoms with Crippen molar-refractivity contribution in [2.24, 2.45) is 5.73 Å². The van der Waals surface area contributed by atoms with Gasteiger partial charge in [0.2, 0.25) is 0 Å². The summed E-state index contributed by atoms with van der Waals surface area (Å²) in [7, 11) is 0. The van der Waals surface area contributed by atoms with Gasteiger partial charge in [-0.25, -0.2) is 0 Å². The summed E-state index contributed by atoms with van der Waals surface area (Å²) in [5.41, 5.74) is 10.5. The van der Waals surface area contributed by atoms with Gasteiger partial charge in [0.15, 0.2) is 0 Å². The van der Waals surface area contributed by atoms with E-state index in [2.05, 4.69) is 52.4 Å². The first-order valence-corrected chi connectivity index (χ1v) is 6.76. The zero-order valence-electron chi connectivity index (χ0n) is 10.4. The second kappa shape index (κ2) is 6.03. The molecule has 3 N–H and O–H groups in total. The molecule has 0 saturated heterocycles. The maximum atomic E-state index is 5.64. The molecule has 0 spiro atoms. The first-order valence-electron chi connectivity index (χ1n) is 5.97. The molecule has 0 aliphatic carbocycles. The van der Waals surface area contributed by atoms with Crippen molar-refractivity contribution >= 4 is 21.6 Å². The lowest BCUT2D eigenvalue weighted by atomic mass is 10.1. The third-order valence-electron chi connectivity index (χ3n) is 2.90. The van der Waals surface area contributed by atoms with Gasteiger partial charge < -0.3 is 11.1 Å². The predicted molar refractivity (Wildman–Crippen MR) is 80.5 cm³/mol. The third-order valence-corrected chi connectivity index (χ3v) is 3.39. The Bertz CT molecular complexity index is 538. The van der Waals surface area contributed by atoms with Gasteiger partial charge in [-0.05, 0) is 41.8 Å². The normalized spacial score (nSPS) is 10.4. The van der Waals surface area contributed by atoms with Crippen molar-refractivity contribution < 1.29 is 0 Å². The summed E-state index contributed by atoms with van der Waals surface area (Å²) in [6, 6.07) is 14.6. The number of nitrogens with one attached hydrogen (secondary N) is 1. The Hall–Kier alpha value is -1.32. The van der Waals surface area contributed by atoms with Crippen molar-refractivity contribution in [1.82, 2.24) is 0 Å². The lowest BCUT2D eigenvalue weighted by molar-refractivity contribution is 1.05. The summed E-state index contributed by atoms with van der Waals surface area (Å²) < 4.78 is 1.11. The lowest BCUT2D eigenvalue weighted by Gasteiger charge is -2.10. The topological polar surface area (TPSA) is 38.0 Å². The zero-order valence-corrected chi connectivity index (χ0v) is 12.0. The molecule has 0 aliphatic heterocycles. The molecule has 0 unspecified atom stereocenters. The number of hydrogen-bond donors (Lipinski definition) is 2. The highest BCUT2D eigenvalue weighted by atomic mass is 79.9. The van der Waals surface area contributed by atoms with Crippen LogP contribution >= 0.6 is 15.9 Å². The lowest BCUT2D eigenvalue weighted by Crippen LogP contribution is -2.03. The van der Waals surface area contributed by atoms with E-state index in [-0.39, 0.29) is 0 Å². The highest BCUT2D eigenvalue weighted by molar-refractivity contribution is 9.10. The number of nitrogens with two attached hydrogens (primary N) is 1. The highest BCUT2D eigenvalue weighted by Gasteiger charge is 1.99. The molecule has 0 saturated carbocycles. The average Bonchev–Trinajstić information content (AvgIpc) is 2.38. The Kier molecular flexibility index (Phi) is 4.39. The van der Waals surface area contributed by atoms with Crippen LogP contribution in [-0.4, -0.2) is 0 Å². The molecule has 0 fully saturated rings. The molecule has 0 heterocycles. The van der Waals surface area contributed by atoms with Crippen LogP contribution in [0.15, 0.2) is 46.9 Å². The number of aryl methyl sites for hydroxylation is 1. The van der Waals surface area contributed by atoms with Gasteiger partial charge in [0.1, 0.15) is 0 Å². The molecule has 0 bridgehead atoms. The minimum absolute atomic E-state index is 0.588. The van der Waals surface area contributed by atoms with E-state index in [1.165, 1.54) is 16.7 Å². The molecule has 94 valence electrons. The number of anilines is 1. The molecule has 3 heteroatoms. The first-order chi connectivity index (χ1) is 8.69. The standard InChI is InChI=1S/C15H17BrN2/c1-11-7-14(16)5-6-15(11)18-10-13-4-2-3-12(8-13)9-17/h2-8,18H,9-10,17H2,1H3. The molecule has 0 aromatic heterocycles. The molecule has 0 amide bonds. The summed E-state index contributed by atoms with van der Waals surface area (Å²) in [4.78, 5) is 0. The molecule has 2 rings (SSSR count). The summed E-state index contributed by atoms with van der Waals surface area (Å²) in [6.07, 6.45) is 0. The molecule has 0 radical (unpaired) electrons. The van der Waals surface area contributed by atoms with Crippen LogP contribution in [0, 0.1) is 6.92 Å². The van der Waals surface area contributed by atoms with Crippen molar-refractivity contribution in [3.8, 4) is 0 Å². The molecule has 0 aliphatic rings. The molecule has 0 atom stereocenters. The number of halogens is 1. The van der Waals surface area contributed by atoms with E-state index in [0.29, 0.717) is 6.54 Å². The van der Waals surface area contributed by atoms with Gasteiger partial charge in [-0.3, -0.25) is 0 Å². The summed E-state index contributed by atoms with van der Waals surface area (Å²) in [6.45, 7) is 3.50. The Balaban J connectivity index is 2.06. The van der Waals surface area contributed by atoms with Crippen LogP contribution < -0.4 is 11.1 Å². The van der Waals surface area contributed by atoms with Crippen LogP contribution in [0.4, 0.5) is 5.69 Å². The first kappa shape index (κ1) is 13.1.